The molecule has 0 saturated carbocycles. The van der Waals surface area contributed by atoms with Crippen LogP contribution in [-0.2, 0) is 77.5 Å². The number of hydrogen-bond acceptors (Lipinski definition) is 20. The van der Waals surface area contributed by atoms with Gasteiger partial charge in [-0.05, 0) is 103 Å². The fourth-order valence-electron chi connectivity index (χ4n) is 8.64. The first-order valence-electron chi connectivity index (χ1n) is 34.7. The maximum Gasteiger partial charge on any atom is 0.342 e. The Labute approximate surface area is 531 Å². The van der Waals surface area contributed by atoms with E-state index in [9.17, 15) is 58.8 Å². The van der Waals surface area contributed by atoms with Gasteiger partial charge in [0.2, 0.25) is 0 Å². The minimum Gasteiger partial charge on any atom is -0.550 e. The van der Waals surface area contributed by atoms with Crippen molar-refractivity contribution in [1.82, 2.24) is 0 Å². The molecule has 0 spiro atoms. The second kappa shape index (κ2) is 78.7. The van der Waals surface area contributed by atoms with Gasteiger partial charge in [-0.25, -0.2) is 19.2 Å². The second-order valence-corrected chi connectivity index (χ2v) is 22.7. The highest BCUT2D eigenvalue weighted by Crippen LogP contribution is 2.15. The molecule has 20 heteroatoms. The summed E-state index contributed by atoms with van der Waals surface area (Å²) in [6, 6.07) is 0. The molecule has 88 heavy (non-hydrogen) atoms. The van der Waals surface area contributed by atoms with Crippen molar-refractivity contribution in [2.45, 2.75) is 362 Å². The summed E-state index contributed by atoms with van der Waals surface area (Å²) in [5, 5.41) is 40.7. The minimum absolute atomic E-state index is 0.0208. The van der Waals surface area contributed by atoms with E-state index in [-0.39, 0.29) is 51.4 Å². The lowest BCUT2D eigenvalue weighted by Gasteiger charge is -2.05. The molecule has 20 nitrogen and oxygen atoms in total. The smallest absolute Gasteiger partial charge is 0.342 e. The second-order valence-electron chi connectivity index (χ2n) is 22.7. The lowest BCUT2D eigenvalue weighted by atomic mass is 10.1. The molecule has 0 N–H and O–H groups in total. The first-order chi connectivity index (χ1) is 42.7. The van der Waals surface area contributed by atoms with Crippen molar-refractivity contribution in [3.8, 4) is 0 Å². The van der Waals surface area contributed by atoms with Gasteiger partial charge in [0.1, 0.15) is 0 Å². The third kappa shape index (κ3) is 92.8. The quantitative estimate of drug-likeness (QED) is 0.0310. The van der Waals surface area contributed by atoms with Gasteiger partial charge < -0.3 is 39.6 Å². The third-order valence-corrected chi connectivity index (χ3v) is 14.0. The summed E-state index contributed by atoms with van der Waals surface area (Å²) in [6.07, 6.45) is 48.8. The molecule has 0 unspecified atom stereocenters. The lowest BCUT2D eigenvalue weighted by molar-refractivity contribution is -0.307. The van der Waals surface area contributed by atoms with Gasteiger partial charge in [0.15, 0.2) is 0 Å². The molecule has 0 bridgehead atoms. The summed E-state index contributed by atoms with van der Waals surface area (Å²) < 4.78 is 0. The van der Waals surface area contributed by atoms with Gasteiger partial charge in [-0.1, -0.05) is 233 Å². The Balaban J connectivity index is -0.000000539. The summed E-state index contributed by atoms with van der Waals surface area (Å²) in [5.74, 6) is -6.10. The molecule has 0 aliphatic rings. The largest absolute Gasteiger partial charge is 0.550 e. The van der Waals surface area contributed by atoms with E-state index in [1.54, 1.807) is 0 Å². The Morgan fingerprint density at radius 3 is 0.477 bits per heavy atom. The number of carboxylic acid groups (broad SMARTS) is 4. The van der Waals surface area contributed by atoms with Crippen LogP contribution in [0.5, 0.6) is 0 Å². The molecule has 0 amide bonds. The first kappa shape index (κ1) is 90.0. The van der Waals surface area contributed by atoms with Gasteiger partial charge in [-0.2, -0.15) is 19.6 Å². The minimum atomic E-state index is -1.09. The van der Waals surface area contributed by atoms with E-state index >= 15 is 0 Å². The van der Waals surface area contributed by atoms with Crippen molar-refractivity contribution < 1.29 is 97.9 Å². The van der Waals surface area contributed by atoms with E-state index < -0.39 is 47.8 Å². The van der Waals surface area contributed by atoms with Gasteiger partial charge in [0.25, 0.3) is 0 Å². The van der Waals surface area contributed by atoms with Crippen LogP contribution >= 0.6 is 0 Å². The molecule has 0 saturated heterocycles. The number of unbranched alkanes of at least 4 members (excludes halogenated alkanes) is 36. The van der Waals surface area contributed by atoms with E-state index in [0.29, 0.717) is 77.8 Å². The number of rotatable bonds is 64. The van der Waals surface area contributed by atoms with Crippen LogP contribution in [0.25, 0.3) is 0 Å². The average Bonchev–Trinajstić information content (AvgIpc) is 3.49. The molecular weight excluding hydrogens is 1140 g/mol. The van der Waals surface area contributed by atoms with Gasteiger partial charge in [0, 0.05) is 49.6 Å². The van der Waals surface area contributed by atoms with Crippen LogP contribution in [0.15, 0.2) is 0 Å². The van der Waals surface area contributed by atoms with E-state index in [1.165, 1.54) is 180 Å². The predicted molar refractivity (Wildman–Crippen MR) is 331 cm³/mol. The molecule has 0 heterocycles. The summed E-state index contributed by atoms with van der Waals surface area (Å²) in [5.41, 5.74) is 0. The Morgan fingerprint density at radius 1 is 0.193 bits per heavy atom. The van der Waals surface area contributed by atoms with Crippen molar-refractivity contribution in [2.24, 2.45) is 0 Å². The van der Waals surface area contributed by atoms with Gasteiger partial charge in [-0.3, -0.25) is 19.6 Å². The van der Waals surface area contributed by atoms with Gasteiger partial charge in [0.05, 0.1) is 26.4 Å². The van der Waals surface area contributed by atoms with Gasteiger partial charge in [-0.15, -0.1) is 0 Å². The number of carbonyl (C=O) groups is 8. The highest BCUT2D eigenvalue weighted by atomic mass is 17.2. The van der Waals surface area contributed by atoms with Crippen LogP contribution in [-0.4, -0.2) is 74.2 Å². The topological polar surface area (TPSA) is 303 Å². The number of aliphatic carboxylic acids is 4. The molecule has 0 aromatic carbocycles. The molecule has 0 fully saturated rings. The van der Waals surface area contributed by atoms with Crippen LogP contribution in [0.1, 0.15) is 362 Å². The van der Waals surface area contributed by atoms with Crippen molar-refractivity contribution in [3.63, 3.8) is 0 Å². The third-order valence-electron chi connectivity index (χ3n) is 14.0. The molecule has 0 atom stereocenters. The van der Waals surface area contributed by atoms with Crippen LogP contribution in [0.4, 0.5) is 0 Å². The molecule has 0 rings (SSSR count). The Morgan fingerprint density at radius 2 is 0.330 bits per heavy atom. The Kier molecular flexibility index (Phi) is 80.5. The van der Waals surface area contributed by atoms with Gasteiger partial charge >= 0.3 is 23.9 Å². The summed E-state index contributed by atoms with van der Waals surface area (Å²) in [7, 11) is 0. The molecule has 0 radical (unpaired) electrons. The van der Waals surface area contributed by atoms with Crippen LogP contribution < -0.4 is 20.4 Å². The molecule has 0 aliphatic carbocycles. The molecule has 0 aromatic heterocycles. The monoisotopic (exact) mass is 1260 g/mol. The highest BCUT2D eigenvalue weighted by Gasteiger charge is 2.08. The Hall–Kier alpha value is -4.40. The fourth-order valence-corrected chi connectivity index (χ4v) is 8.64. The van der Waals surface area contributed by atoms with Crippen molar-refractivity contribution >= 4 is 47.8 Å². The fraction of sp³-hybridized carbons (Fsp3) is 0.882. The van der Waals surface area contributed by atoms with E-state index in [4.69, 9.17) is 19.6 Å². The van der Waals surface area contributed by atoms with Crippen LogP contribution in [0, 0.1) is 0 Å². The van der Waals surface area contributed by atoms with E-state index in [2.05, 4.69) is 47.2 Å². The number of carbonyl (C=O) groups excluding carboxylic acids is 8. The zero-order valence-electron chi connectivity index (χ0n) is 55.8. The standard InChI is InChI=1S/2C20H38O5.2C14H26O5/c2*1-2-3-4-5-6-7-8-9-10-11-12-15-18-24-25-20(23)17-14-13-16-19(21)22;2*1-2-3-4-5-6-9-12-18-19-14(17)11-8-7-10-13(15)16/h2*2-18H2,1H3,(H,21,22);2*2-12H2,1H3,(H,15,16)/p-4. The van der Waals surface area contributed by atoms with E-state index in [1.807, 2.05) is 0 Å². The SMILES string of the molecule is CCCCCCCCCCCCCCOOC(=O)CCCCC(=O)[O-].CCCCCCCCCCCCCCOOC(=O)CCCCC(=O)[O-].CCCCCCCCOOC(=O)CCCCC(=O)[O-].CCCCCCCCOOC(=O)CCCCC(=O)[O-]. The number of hydrogen-bond donors (Lipinski definition) is 0. The van der Waals surface area contributed by atoms with Crippen molar-refractivity contribution in [1.29, 1.82) is 0 Å². The molecule has 520 valence electrons. The maximum absolute atomic E-state index is 11.3. The van der Waals surface area contributed by atoms with Crippen molar-refractivity contribution in [3.05, 3.63) is 0 Å². The Bertz CT molecular complexity index is 1450. The zero-order valence-corrected chi connectivity index (χ0v) is 55.8. The maximum atomic E-state index is 11.3. The molecular formula is C68H124O20-4. The molecule has 0 aromatic rings. The predicted octanol–water partition coefficient (Wildman–Crippen LogP) is 13.2. The van der Waals surface area contributed by atoms with Crippen LogP contribution in [0.3, 0.4) is 0 Å². The summed E-state index contributed by atoms with van der Waals surface area (Å²) in [6.45, 7) is 10.6. The van der Waals surface area contributed by atoms with Crippen molar-refractivity contribution in [2.75, 3.05) is 26.4 Å². The number of carboxylic acids is 4. The normalized spacial score (nSPS) is 10.6. The highest BCUT2D eigenvalue weighted by molar-refractivity contribution is 5.70. The van der Waals surface area contributed by atoms with Crippen LogP contribution in [0.2, 0.25) is 0 Å². The summed E-state index contributed by atoms with van der Waals surface area (Å²) in [4.78, 5) is 123. The first-order valence-corrected chi connectivity index (χ1v) is 34.7. The van der Waals surface area contributed by atoms with E-state index in [0.717, 1.165) is 51.4 Å². The lowest BCUT2D eigenvalue weighted by Crippen LogP contribution is -2.21. The molecule has 0 aliphatic heterocycles. The zero-order chi connectivity index (χ0) is 65.9. The average molecular weight is 1260 g/mol. The summed E-state index contributed by atoms with van der Waals surface area (Å²) >= 11 is 0.